The Bertz CT molecular complexity index is 888. The van der Waals surface area contributed by atoms with Crippen molar-refractivity contribution in [3.63, 3.8) is 0 Å². The van der Waals surface area contributed by atoms with Crippen molar-refractivity contribution in [2.45, 2.75) is 37.4 Å². The standard InChI is InChI=1S/C15H12N2O.C7H16N2S/c1-17-10-16-14-8-12(7-13(9-18)15(14)17)11-5-3-2-4-6-11;1-8-9-10-7-5-3-2-4-6-7/h2-10H,1H3;7-9H,2-6H2,1H3. The van der Waals surface area contributed by atoms with E-state index >= 15 is 0 Å². The number of imidazole rings is 1. The van der Waals surface area contributed by atoms with Crippen LogP contribution in [0.15, 0.2) is 48.8 Å². The van der Waals surface area contributed by atoms with E-state index in [-0.39, 0.29) is 0 Å². The van der Waals surface area contributed by atoms with Crippen molar-refractivity contribution in [1.82, 2.24) is 19.8 Å². The smallest absolute Gasteiger partial charge is 0.152 e. The highest BCUT2D eigenvalue weighted by Gasteiger charge is 2.12. The topological polar surface area (TPSA) is 58.9 Å². The number of fused-ring (bicyclic) bond motifs is 1. The van der Waals surface area contributed by atoms with E-state index in [1.165, 1.54) is 32.1 Å². The third-order valence-electron chi connectivity index (χ3n) is 4.96. The number of benzene rings is 2. The molecule has 2 N–H and O–H groups in total. The van der Waals surface area contributed by atoms with Gasteiger partial charge in [0.25, 0.3) is 0 Å². The summed E-state index contributed by atoms with van der Waals surface area (Å²) in [5.74, 6) is 0. The van der Waals surface area contributed by atoms with Gasteiger partial charge in [0.2, 0.25) is 0 Å². The molecule has 0 aliphatic heterocycles. The SMILES string of the molecule is CNNSC1CCCCC1.Cn1cnc2cc(-c3ccccc3)cc(C=O)c21. The number of carbonyl (C=O) groups is 1. The summed E-state index contributed by atoms with van der Waals surface area (Å²) >= 11 is 1.84. The molecule has 0 bridgehead atoms. The average Bonchev–Trinajstić information content (AvgIpc) is 3.14. The molecule has 6 heteroatoms. The van der Waals surface area contributed by atoms with E-state index in [9.17, 15) is 4.79 Å². The molecule has 28 heavy (non-hydrogen) atoms. The fourth-order valence-corrected chi connectivity index (χ4v) is 4.40. The highest BCUT2D eigenvalue weighted by molar-refractivity contribution is 7.97. The van der Waals surface area contributed by atoms with Crippen LogP contribution in [0.1, 0.15) is 42.5 Å². The molecule has 2 aromatic carbocycles. The first kappa shape index (κ1) is 20.6. The van der Waals surface area contributed by atoms with Gasteiger partial charge in [-0.2, -0.15) is 0 Å². The minimum atomic E-state index is 0.673. The van der Waals surface area contributed by atoms with Gasteiger partial charge in [-0.15, -0.1) is 0 Å². The van der Waals surface area contributed by atoms with E-state index < -0.39 is 0 Å². The Labute approximate surface area is 171 Å². The van der Waals surface area contributed by atoms with Crippen molar-refractivity contribution < 1.29 is 4.79 Å². The Hall–Kier alpha value is -2.15. The molecule has 4 rings (SSSR count). The average molecular weight is 397 g/mol. The molecule has 0 unspecified atom stereocenters. The van der Waals surface area contributed by atoms with Gasteiger partial charge in [0, 0.05) is 17.9 Å². The molecule has 5 nitrogen and oxygen atoms in total. The second-order valence-corrected chi connectivity index (χ2v) is 8.11. The summed E-state index contributed by atoms with van der Waals surface area (Å²) in [4.78, 5) is 18.6. The maximum atomic E-state index is 11.2. The molecule has 0 amide bonds. The minimum absolute atomic E-state index is 0.673. The highest BCUT2D eigenvalue weighted by Crippen LogP contribution is 2.26. The largest absolute Gasteiger partial charge is 0.333 e. The van der Waals surface area contributed by atoms with Crippen molar-refractivity contribution in [2.75, 3.05) is 7.05 Å². The molecule has 0 spiro atoms. The van der Waals surface area contributed by atoms with Gasteiger partial charge < -0.3 is 4.57 Å². The van der Waals surface area contributed by atoms with Gasteiger partial charge >= 0.3 is 0 Å². The van der Waals surface area contributed by atoms with Crippen LogP contribution in [0.25, 0.3) is 22.2 Å². The van der Waals surface area contributed by atoms with E-state index in [2.05, 4.69) is 15.2 Å². The number of nitrogens with one attached hydrogen (secondary N) is 2. The molecule has 1 saturated carbocycles. The molecule has 1 aromatic heterocycles. The Balaban J connectivity index is 0.000000192. The lowest BCUT2D eigenvalue weighted by Gasteiger charge is -2.20. The van der Waals surface area contributed by atoms with E-state index in [1.807, 2.05) is 73.1 Å². The van der Waals surface area contributed by atoms with E-state index in [4.69, 9.17) is 0 Å². The van der Waals surface area contributed by atoms with Crippen LogP contribution in [-0.4, -0.2) is 28.1 Å². The van der Waals surface area contributed by atoms with Crippen LogP contribution in [0, 0.1) is 0 Å². The number of hydrazine groups is 1. The second-order valence-electron chi connectivity index (χ2n) is 7.00. The van der Waals surface area contributed by atoms with Gasteiger partial charge in [-0.3, -0.25) is 10.2 Å². The lowest BCUT2D eigenvalue weighted by molar-refractivity contribution is 0.112. The Kier molecular flexibility index (Phi) is 7.65. The summed E-state index contributed by atoms with van der Waals surface area (Å²) in [5.41, 5.74) is 7.44. The highest BCUT2D eigenvalue weighted by atomic mass is 32.2. The molecule has 1 heterocycles. The Morgan fingerprint density at radius 3 is 2.54 bits per heavy atom. The number of aldehydes is 1. The predicted octanol–water partition coefficient (Wildman–Crippen LogP) is 4.74. The normalized spacial score (nSPS) is 14.5. The van der Waals surface area contributed by atoms with E-state index in [0.717, 1.165) is 33.7 Å². The summed E-state index contributed by atoms with van der Waals surface area (Å²) in [7, 11) is 3.81. The molecule has 3 aromatic rings. The maximum Gasteiger partial charge on any atom is 0.152 e. The summed E-state index contributed by atoms with van der Waals surface area (Å²) in [6.07, 6.45) is 9.67. The molecule has 1 fully saturated rings. The second kappa shape index (κ2) is 10.4. The van der Waals surface area contributed by atoms with Crippen molar-refractivity contribution in [1.29, 1.82) is 0 Å². The Morgan fingerprint density at radius 1 is 1.11 bits per heavy atom. The quantitative estimate of drug-likeness (QED) is 0.370. The van der Waals surface area contributed by atoms with Gasteiger partial charge in [-0.1, -0.05) is 61.5 Å². The summed E-state index contributed by atoms with van der Waals surface area (Å²) < 4.78 is 1.87. The molecule has 0 saturated heterocycles. The Morgan fingerprint density at radius 2 is 1.86 bits per heavy atom. The van der Waals surface area contributed by atoms with Gasteiger partial charge in [0.15, 0.2) is 6.29 Å². The van der Waals surface area contributed by atoms with E-state index in [1.54, 1.807) is 6.33 Å². The third-order valence-corrected chi connectivity index (χ3v) is 6.08. The first-order valence-electron chi connectivity index (χ1n) is 9.76. The molecule has 148 valence electrons. The molecular formula is C22H28N4OS. The number of aromatic nitrogens is 2. The third kappa shape index (κ3) is 5.22. The van der Waals surface area contributed by atoms with Crippen LogP contribution in [0.3, 0.4) is 0 Å². The molecule has 1 aliphatic carbocycles. The zero-order valence-electron chi connectivity index (χ0n) is 16.5. The first-order chi connectivity index (χ1) is 13.7. The monoisotopic (exact) mass is 396 g/mol. The number of hydrogen-bond donors (Lipinski definition) is 2. The fraction of sp³-hybridized carbons (Fsp3) is 0.364. The van der Waals surface area contributed by atoms with E-state index in [0.29, 0.717) is 5.56 Å². The first-order valence-corrected chi connectivity index (χ1v) is 10.6. The van der Waals surface area contributed by atoms with Gasteiger partial charge in [-0.25, -0.2) is 9.82 Å². The van der Waals surface area contributed by atoms with Crippen LogP contribution in [0.5, 0.6) is 0 Å². The van der Waals surface area contributed by atoms with Crippen LogP contribution in [0.2, 0.25) is 0 Å². The van der Waals surface area contributed by atoms with Crippen molar-refractivity contribution in [3.8, 4) is 11.1 Å². The van der Waals surface area contributed by atoms with Gasteiger partial charge in [-0.05, 0) is 43.1 Å². The lowest BCUT2D eigenvalue weighted by Crippen LogP contribution is -2.24. The summed E-state index contributed by atoms with van der Waals surface area (Å²) in [5, 5.41) is 0.848. The molecular weight excluding hydrogens is 368 g/mol. The zero-order chi connectivity index (χ0) is 19.8. The van der Waals surface area contributed by atoms with Crippen molar-refractivity contribution >= 4 is 29.3 Å². The van der Waals surface area contributed by atoms with Crippen LogP contribution in [0.4, 0.5) is 0 Å². The molecule has 1 aliphatic rings. The van der Waals surface area contributed by atoms with Gasteiger partial charge in [0.1, 0.15) is 0 Å². The summed E-state index contributed by atoms with van der Waals surface area (Å²) in [6, 6.07) is 13.9. The maximum absolute atomic E-state index is 11.2. The number of rotatable bonds is 5. The lowest BCUT2D eigenvalue weighted by atomic mass is 10.0. The van der Waals surface area contributed by atoms with Crippen molar-refractivity contribution in [3.05, 3.63) is 54.4 Å². The summed E-state index contributed by atoms with van der Waals surface area (Å²) in [6.45, 7) is 0. The molecule has 0 atom stereocenters. The number of aryl methyl sites for hydroxylation is 1. The number of hydrogen-bond acceptors (Lipinski definition) is 5. The van der Waals surface area contributed by atoms with Crippen molar-refractivity contribution in [2.24, 2.45) is 7.05 Å². The molecule has 0 radical (unpaired) electrons. The van der Waals surface area contributed by atoms with Crippen LogP contribution in [-0.2, 0) is 7.05 Å². The predicted molar refractivity (Wildman–Crippen MR) is 118 cm³/mol. The number of carbonyl (C=O) groups excluding carboxylic acids is 1. The number of nitrogens with zero attached hydrogens (tertiary/aromatic N) is 2. The zero-order valence-corrected chi connectivity index (χ0v) is 17.3. The fourth-order valence-electron chi connectivity index (χ4n) is 3.54. The van der Waals surface area contributed by atoms with Gasteiger partial charge in [0.05, 0.1) is 17.4 Å². The van der Waals surface area contributed by atoms with Crippen LogP contribution >= 0.6 is 11.9 Å². The van der Waals surface area contributed by atoms with Crippen LogP contribution < -0.4 is 10.3 Å². The minimum Gasteiger partial charge on any atom is -0.333 e.